The van der Waals surface area contributed by atoms with E-state index in [0.29, 0.717) is 6.04 Å². The molecule has 17 heavy (non-hydrogen) atoms. The molecule has 0 aliphatic carbocycles. The van der Waals surface area contributed by atoms with Crippen LogP contribution in [0.4, 0.5) is 5.69 Å². The Morgan fingerprint density at radius 1 is 1.71 bits per heavy atom. The van der Waals surface area contributed by atoms with Gasteiger partial charge in [0.25, 0.3) is 0 Å². The Morgan fingerprint density at radius 3 is 3.24 bits per heavy atom. The lowest BCUT2D eigenvalue weighted by Crippen LogP contribution is -2.44. The Bertz CT molecular complexity index is 355. The Balaban J connectivity index is 2.01. The number of ether oxygens (including phenoxy) is 1. The van der Waals surface area contributed by atoms with Crippen molar-refractivity contribution in [1.29, 1.82) is 0 Å². The fourth-order valence-corrected chi connectivity index (χ4v) is 2.94. The molecular formula is C12H19N3OS. The van der Waals surface area contributed by atoms with Gasteiger partial charge in [-0.05, 0) is 25.1 Å². The maximum atomic E-state index is 5.94. The smallest absolute Gasteiger partial charge is 0.0821 e. The van der Waals surface area contributed by atoms with Crippen molar-refractivity contribution in [3.63, 3.8) is 0 Å². The van der Waals surface area contributed by atoms with Crippen LogP contribution in [0.15, 0.2) is 18.5 Å². The second-order valence-corrected chi connectivity index (χ2v) is 5.31. The maximum absolute atomic E-state index is 5.94. The van der Waals surface area contributed by atoms with Crippen molar-refractivity contribution in [1.82, 2.24) is 10.3 Å². The van der Waals surface area contributed by atoms with E-state index >= 15 is 0 Å². The topological polar surface area (TPSA) is 60.2 Å². The monoisotopic (exact) mass is 253 g/mol. The molecule has 1 aliphatic heterocycles. The van der Waals surface area contributed by atoms with Crippen LogP contribution in [0, 0.1) is 0 Å². The van der Waals surface area contributed by atoms with E-state index in [9.17, 15) is 0 Å². The van der Waals surface area contributed by atoms with Crippen molar-refractivity contribution < 1.29 is 4.74 Å². The molecule has 1 fully saturated rings. The van der Waals surface area contributed by atoms with E-state index in [0.717, 1.165) is 35.8 Å². The van der Waals surface area contributed by atoms with E-state index in [1.165, 1.54) is 0 Å². The van der Waals surface area contributed by atoms with Gasteiger partial charge in [-0.3, -0.25) is 4.98 Å². The third-order valence-electron chi connectivity index (χ3n) is 3.04. The lowest BCUT2D eigenvalue weighted by molar-refractivity contribution is 0.0492. The standard InChI is InChI=1S/C12H19N3OS/c1-14-11(12-8-17-5-4-16-12)6-9-7-15-3-2-10(9)13/h2-3,7,11-12,14H,4-6,8H2,1H3,(H2,13,15). The number of aromatic nitrogens is 1. The van der Waals surface area contributed by atoms with Crippen molar-refractivity contribution in [2.45, 2.75) is 18.6 Å². The second-order valence-electron chi connectivity index (χ2n) is 4.16. The highest BCUT2D eigenvalue weighted by atomic mass is 32.2. The number of thioether (sulfide) groups is 1. The van der Waals surface area contributed by atoms with Crippen molar-refractivity contribution in [2.75, 3.05) is 30.9 Å². The molecule has 4 nitrogen and oxygen atoms in total. The number of nitrogens with two attached hydrogens (primary N) is 1. The molecule has 94 valence electrons. The largest absolute Gasteiger partial charge is 0.398 e. The van der Waals surface area contributed by atoms with Crippen LogP contribution in [0.2, 0.25) is 0 Å². The zero-order valence-electron chi connectivity index (χ0n) is 10.1. The van der Waals surface area contributed by atoms with Crippen molar-refractivity contribution in [3.05, 3.63) is 24.0 Å². The molecule has 2 heterocycles. The van der Waals surface area contributed by atoms with E-state index < -0.39 is 0 Å². The maximum Gasteiger partial charge on any atom is 0.0821 e. The number of pyridine rings is 1. The molecule has 0 saturated carbocycles. The minimum absolute atomic E-state index is 0.262. The van der Waals surface area contributed by atoms with Gasteiger partial charge in [0.15, 0.2) is 0 Å². The molecule has 5 heteroatoms. The van der Waals surface area contributed by atoms with E-state index in [4.69, 9.17) is 10.5 Å². The summed E-state index contributed by atoms with van der Waals surface area (Å²) in [4.78, 5) is 4.12. The Labute approximate surface area is 106 Å². The first-order chi connectivity index (χ1) is 8.31. The van der Waals surface area contributed by atoms with Gasteiger partial charge in [0.1, 0.15) is 0 Å². The normalized spacial score (nSPS) is 22.3. The molecule has 0 bridgehead atoms. The second kappa shape index (κ2) is 6.23. The lowest BCUT2D eigenvalue weighted by Gasteiger charge is -2.30. The van der Waals surface area contributed by atoms with Gasteiger partial charge in [-0.15, -0.1) is 0 Å². The summed E-state index contributed by atoms with van der Waals surface area (Å²) in [7, 11) is 1.97. The fourth-order valence-electron chi connectivity index (χ4n) is 2.00. The van der Waals surface area contributed by atoms with E-state index in [1.807, 2.05) is 31.1 Å². The number of likely N-dealkylation sites (N-methyl/N-ethyl adjacent to an activating group) is 1. The van der Waals surface area contributed by atoms with Crippen LogP contribution in [0.1, 0.15) is 5.56 Å². The first kappa shape index (κ1) is 12.7. The summed E-state index contributed by atoms with van der Waals surface area (Å²) in [5.41, 5.74) is 7.84. The average molecular weight is 253 g/mol. The molecular weight excluding hydrogens is 234 g/mol. The van der Waals surface area contributed by atoms with Gasteiger partial charge in [-0.2, -0.15) is 11.8 Å². The molecule has 2 rings (SSSR count). The zero-order chi connectivity index (χ0) is 12.1. The van der Waals surface area contributed by atoms with Gasteiger partial charge in [-0.1, -0.05) is 0 Å². The van der Waals surface area contributed by atoms with Crippen LogP contribution in [0.3, 0.4) is 0 Å². The van der Waals surface area contributed by atoms with E-state index in [2.05, 4.69) is 10.3 Å². The summed E-state index contributed by atoms with van der Waals surface area (Å²) in [5, 5.41) is 3.33. The molecule has 0 spiro atoms. The van der Waals surface area contributed by atoms with E-state index in [-0.39, 0.29) is 6.10 Å². The van der Waals surface area contributed by atoms with Crippen molar-refractivity contribution >= 4 is 17.4 Å². The summed E-state index contributed by atoms with van der Waals surface area (Å²) in [6, 6.07) is 2.15. The molecule has 2 unspecified atom stereocenters. The summed E-state index contributed by atoms with van der Waals surface area (Å²) < 4.78 is 5.80. The Morgan fingerprint density at radius 2 is 2.59 bits per heavy atom. The Kier molecular flexibility index (Phi) is 4.65. The summed E-state index contributed by atoms with van der Waals surface area (Å²) in [6.07, 6.45) is 4.69. The van der Waals surface area contributed by atoms with Gasteiger partial charge in [0.05, 0.1) is 12.7 Å². The van der Waals surface area contributed by atoms with Crippen LogP contribution in [0.5, 0.6) is 0 Å². The third-order valence-corrected chi connectivity index (χ3v) is 4.06. The van der Waals surface area contributed by atoms with Crippen LogP contribution in [-0.2, 0) is 11.2 Å². The molecule has 0 radical (unpaired) electrons. The number of hydrogen-bond acceptors (Lipinski definition) is 5. The number of nitrogen functional groups attached to an aromatic ring is 1. The first-order valence-corrected chi connectivity index (χ1v) is 7.01. The lowest BCUT2D eigenvalue weighted by atomic mass is 10.0. The van der Waals surface area contributed by atoms with Crippen LogP contribution in [-0.4, -0.2) is 42.3 Å². The van der Waals surface area contributed by atoms with Gasteiger partial charge in [-0.25, -0.2) is 0 Å². The SMILES string of the molecule is CNC(Cc1cnccc1N)C1CSCCO1. The number of nitrogens with one attached hydrogen (secondary N) is 1. The number of nitrogens with zero attached hydrogens (tertiary/aromatic N) is 1. The molecule has 0 aromatic carbocycles. The summed E-state index contributed by atoms with van der Waals surface area (Å²) in [6.45, 7) is 0.843. The van der Waals surface area contributed by atoms with Crippen molar-refractivity contribution in [3.8, 4) is 0 Å². The van der Waals surface area contributed by atoms with Crippen LogP contribution >= 0.6 is 11.8 Å². The van der Waals surface area contributed by atoms with Crippen LogP contribution in [0.25, 0.3) is 0 Å². The Hall–Kier alpha value is -0.780. The highest BCUT2D eigenvalue weighted by molar-refractivity contribution is 7.99. The molecule has 1 saturated heterocycles. The minimum atomic E-state index is 0.262. The number of rotatable bonds is 4. The molecule has 3 N–H and O–H groups in total. The number of anilines is 1. The van der Waals surface area contributed by atoms with Gasteiger partial charge < -0.3 is 15.8 Å². The van der Waals surface area contributed by atoms with Gasteiger partial charge in [0.2, 0.25) is 0 Å². The predicted octanol–water partition coefficient (Wildman–Crippen LogP) is 0.926. The summed E-state index contributed by atoms with van der Waals surface area (Å²) >= 11 is 1.95. The highest BCUT2D eigenvalue weighted by Gasteiger charge is 2.24. The number of hydrogen-bond donors (Lipinski definition) is 2. The molecule has 1 aromatic rings. The summed E-state index contributed by atoms with van der Waals surface area (Å²) in [5.74, 6) is 2.15. The van der Waals surface area contributed by atoms with E-state index in [1.54, 1.807) is 6.20 Å². The van der Waals surface area contributed by atoms with Crippen molar-refractivity contribution in [2.24, 2.45) is 0 Å². The highest BCUT2D eigenvalue weighted by Crippen LogP contribution is 2.19. The molecule has 0 amide bonds. The quantitative estimate of drug-likeness (QED) is 0.836. The molecule has 2 atom stereocenters. The predicted molar refractivity (Wildman–Crippen MR) is 72.3 cm³/mol. The fraction of sp³-hybridized carbons (Fsp3) is 0.583. The molecule has 1 aliphatic rings. The average Bonchev–Trinajstić information content (AvgIpc) is 2.39. The molecule has 1 aromatic heterocycles. The van der Waals surface area contributed by atoms with Crippen LogP contribution < -0.4 is 11.1 Å². The van der Waals surface area contributed by atoms with Gasteiger partial charge in [0, 0.05) is 35.6 Å². The zero-order valence-corrected chi connectivity index (χ0v) is 10.9. The third kappa shape index (κ3) is 3.34. The first-order valence-electron chi connectivity index (χ1n) is 5.86. The van der Waals surface area contributed by atoms with Gasteiger partial charge >= 0.3 is 0 Å². The minimum Gasteiger partial charge on any atom is -0.398 e.